The molecule has 25 heavy (non-hydrogen) atoms. The van der Waals surface area contributed by atoms with Crippen molar-refractivity contribution < 1.29 is 15.3 Å². The van der Waals surface area contributed by atoms with Crippen molar-refractivity contribution in [3.05, 3.63) is 59.5 Å². The van der Waals surface area contributed by atoms with Crippen LogP contribution in [0.1, 0.15) is 48.6 Å². The minimum absolute atomic E-state index is 0.0146. The van der Waals surface area contributed by atoms with Gasteiger partial charge in [-0.05, 0) is 49.8 Å². The number of hydrogen-bond acceptors (Lipinski definition) is 5. The maximum absolute atomic E-state index is 9.34. The second kappa shape index (κ2) is 8.34. The largest absolute Gasteiger partial charge is 0.392 e. The van der Waals surface area contributed by atoms with Crippen LogP contribution in [0.25, 0.3) is 11.0 Å². The maximum Gasteiger partial charge on any atom is 0.151 e. The van der Waals surface area contributed by atoms with Gasteiger partial charge in [0.25, 0.3) is 0 Å². The molecule has 1 atom stereocenters. The van der Waals surface area contributed by atoms with Crippen LogP contribution in [0.3, 0.4) is 0 Å². The second-order valence-corrected chi connectivity index (χ2v) is 6.42. The van der Waals surface area contributed by atoms with Crippen LogP contribution in [-0.4, -0.2) is 31.6 Å². The lowest BCUT2D eigenvalue weighted by molar-refractivity contribution is -0.0465. The third kappa shape index (κ3) is 4.51. The molecule has 3 rings (SSSR count). The third-order valence-electron chi connectivity index (χ3n) is 4.47. The van der Waals surface area contributed by atoms with Gasteiger partial charge in [-0.15, -0.1) is 0 Å². The lowest BCUT2D eigenvalue weighted by atomic mass is 9.93. The smallest absolute Gasteiger partial charge is 0.151 e. The molecule has 0 aliphatic heterocycles. The van der Waals surface area contributed by atoms with Crippen LogP contribution in [0, 0.1) is 0 Å². The van der Waals surface area contributed by atoms with Crippen LogP contribution in [0.4, 0.5) is 0 Å². The minimum Gasteiger partial charge on any atom is -0.392 e. The molecule has 1 aliphatic rings. The average Bonchev–Trinajstić information content (AvgIpc) is 2.64. The van der Waals surface area contributed by atoms with E-state index < -0.39 is 6.29 Å². The predicted molar refractivity (Wildman–Crippen MR) is 96.9 cm³/mol. The van der Waals surface area contributed by atoms with Crippen LogP contribution in [-0.2, 0) is 13.0 Å². The van der Waals surface area contributed by atoms with Crippen molar-refractivity contribution in [2.75, 3.05) is 0 Å². The molecule has 0 spiro atoms. The van der Waals surface area contributed by atoms with Gasteiger partial charge in [-0.1, -0.05) is 30.4 Å². The first-order chi connectivity index (χ1) is 12.2. The van der Waals surface area contributed by atoms with Gasteiger partial charge in [0.15, 0.2) is 6.29 Å². The summed E-state index contributed by atoms with van der Waals surface area (Å²) in [4.78, 5) is 9.68. The van der Waals surface area contributed by atoms with Crippen molar-refractivity contribution >= 4 is 11.0 Å². The van der Waals surface area contributed by atoms with Gasteiger partial charge in [0, 0.05) is 5.92 Å². The van der Waals surface area contributed by atoms with Crippen molar-refractivity contribution in [3.8, 4) is 0 Å². The van der Waals surface area contributed by atoms with E-state index in [0.717, 1.165) is 53.7 Å². The number of aliphatic hydroxyl groups excluding tert-OH is 2. The molecule has 2 aromatic rings. The number of aliphatic hydroxyl groups is 3. The summed E-state index contributed by atoms with van der Waals surface area (Å²) in [6.45, 7) is -0.0146. The van der Waals surface area contributed by atoms with Gasteiger partial charge in [-0.2, -0.15) is 0 Å². The number of aryl methyl sites for hydroxylation is 1. The standard InChI is InChI=1S/C20H24N2O3/c23-13-14-10-11-16-18(12-14)21-17(8-4-5-9-19(24)25)20(22-16)15-6-2-1-3-7-15/h1-3,6,10-12,15,19,23-25H,4-5,7-9,13H2. The molecule has 132 valence electrons. The molecule has 0 fully saturated rings. The first-order valence-electron chi connectivity index (χ1n) is 8.77. The SMILES string of the molecule is OCc1ccc2nc(C3C=CC=CC3)c(CCCCC(O)O)nc2c1. The molecule has 1 unspecified atom stereocenters. The normalized spacial score (nSPS) is 16.9. The Balaban J connectivity index is 1.91. The summed E-state index contributed by atoms with van der Waals surface area (Å²) in [5, 5.41) is 27.3. The highest BCUT2D eigenvalue weighted by Crippen LogP contribution is 2.28. The molecule has 0 amide bonds. The molecule has 5 nitrogen and oxygen atoms in total. The molecule has 0 radical (unpaired) electrons. The van der Waals surface area contributed by atoms with Crippen molar-refractivity contribution in [1.82, 2.24) is 9.97 Å². The monoisotopic (exact) mass is 340 g/mol. The molecule has 1 aromatic carbocycles. The number of unbranched alkanes of at least 4 members (excludes halogenated alkanes) is 1. The lowest BCUT2D eigenvalue weighted by Gasteiger charge is -2.17. The number of fused-ring (bicyclic) bond motifs is 1. The van der Waals surface area contributed by atoms with E-state index in [1.165, 1.54) is 0 Å². The number of aromatic nitrogens is 2. The Morgan fingerprint density at radius 2 is 1.96 bits per heavy atom. The van der Waals surface area contributed by atoms with Crippen molar-refractivity contribution in [2.45, 2.75) is 50.9 Å². The summed E-state index contributed by atoms with van der Waals surface area (Å²) < 4.78 is 0. The molecule has 0 saturated heterocycles. The Labute approximate surface area is 147 Å². The van der Waals surface area contributed by atoms with E-state index in [-0.39, 0.29) is 12.5 Å². The van der Waals surface area contributed by atoms with E-state index >= 15 is 0 Å². The molecule has 0 saturated carbocycles. The summed E-state index contributed by atoms with van der Waals surface area (Å²) in [6, 6.07) is 5.66. The second-order valence-electron chi connectivity index (χ2n) is 6.42. The molecular weight excluding hydrogens is 316 g/mol. The Kier molecular flexibility index (Phi) is 5.91. The van der Waals surface area contributed by atoms with Gasteiger partial charge in [-0.25, -0.2) is 9.97 Å². The number of rotatable bonds is 7. The van der Waals surface area contributed by atoms with Gasteiger partial charge >= 0.3 is 0 Å². The first-order valence-corrected chi connectivity index (χ1v) is 8.77. The van der Waals surface area contributed by atoms with E-state index in [4.69, 9.17) is 20.2 Å². The summed E-state index contributed by atoms with van der Waals surface area (Å²) in [5.74, 6) is 0.220. The van der Waals surface area contributed by atoms with Gasteiger partial charge in [0.05, 0.1) is 29.0 Å². The van der Waals surface area contributed by atoms with Gasteiger partial charge in [0.1, 0.15) is 0 Å². The summed E-state index contributed by atoms with van der Waals surface area (Å²) in [7, 11) is 0. The zero-order chi connectivity index (χ0) is 17.6. The van der Waals surface area contributed by atoms with Crippen molar-refractivity contribution in [2.24, 2.45) is 0 Å². The highest BCUT2D eigenvalue weighted by molar-refractivity contribution is 5.75. The van der Waals surface area contributed by atoms with Gasteiger partial charge < -0.3 is 15.3 Å². The summed E-state index contributed by atoms with van der Waals surface area (Å²) >= 11 is 0. The van der Waals surface area contributed by atoms with Crippen LogP contribution >= 0.6 is 0 Å². The van der Waals surface area contributed by atoms with Gasteiger partial charge in [-0.3, -0.25) is 0 Å². The number of benzene rings is 1. The Bertz CT molecular complexity index is 784. The Morgan fingerprint density at radius 1 is 1.08 bits per heavy atom. The molecule has 1 heterocycles. The summed E-state index contributed by atoms with van der Waals surface area (Å²) in [5.41, 5.74) is 4.41. The third-order valence-corrected chi connectivity index (χ3v) is 4.47. The van der Waals surface area contributed by atoms with Gasteiger partial charge in [0.2, 0.25) is 0 Å². The fraction of sp³-hybridized carbons (Fsp3) is 0.400. The molecule has 0 bridgehead atoms. The van der Waals surface area contributed by atoms with Crippen LogP contribution in [0.15, 0.2) is 42.5 Å². The van der Waals surface area contributed by atoms with E-state index in [1.807, 2.05) is 30.4 Å². The molecular formula is C20H24N2O3. The zero-order valence-electron chi connectivity index (χ0n) is 14.2. The van der Waals surface area contributed by atoms with Crippen molar-refractivity contribution in [3.63, 3.8) is 0 Å². The highest BCUT2D eigenvalue weighted by Gasteiger charge is 2.17. The first kappa shape index (κ1) is 17.7. The average molecular weight is 340 g/mol. The number of allylic oxidation sites excluding steroid dienone is 4. The van der Waals surface area contributed by atoms with E-state index in [2.05, 4.69) is 12.2 Å². The van der Waals surface area contributed by atoms with Crippen LogP contribution in [0.2, 0.25) is 0 Å². The molecule has 1 aliphatic carbocycles. The number of hydrogen-bond donors (Lipinski definition) is 3. The minimum atomic E-state index is -1.25. The van der Waals surface area contributed by atoms with E-state index in [9.17, 15) is 5.11 Å². The highest BCUT2D eigenvalue weighted by atomic mass is 16.5. The number of nitrogens with zero attached hydrogens (tertiary/aromatic N) is 2. The predicted octanol–water partition coefficient (Wildman–Crippen LogP) is 2.75. The Morgan fingerprint density at radius 3 is 2.68 bits per heavy atom. The van der Waals surface area contributed by atoms with Crippen LogP contribution < -0.4 is 0 Å². The topological polar surface area (TPSA) is 86.5 Å². The lowest BCUT2D eigenvalue weighted by Crippen LogP contribution is -2.09. The van der Waals surface area contributed by atoms with Crippen molar-refractivity contribution in [1.29, 1.82) is 0 Å². The summed E-state index contributed by atoms with van der Waals surface area (Å²) in [6.07, 6.45) is 10.7. The molecule has 5 heteroatoms. The molecule has 1 aromatic heterocycles. The fourth-order valence-corrected chi connectivity index (χ4v) is 3.13. The zero-order valence-corrected chi connectivity index (χ0v) is 14.2. The Hall–Kier alpha value is -2.08. The van der Waals surface area contributed by atoms with E-state index in [0.29, 0.717) is 6.42 Å². The molecule has 3 N–H and O–H groups in total. The quantitative estimate of drug-likeness (QED) is 0.533. The van der Waals surface area contributed by atoms with E-state index in [1.54, 1.807) is 0 Å². The fourth-order valence-electron chi connectivity index (χ4n) is 3.13. The van der Waals surface area contributed by atoms with Crippen LogP contribution in [0.5, 0.6) is 0 Å². The maximum atomic E-state index is 9.34.